The number of amides is 1. The summed E-state index contributed by atoms with van der Waals surface area (Å²) in [7, 11) is -2.24. The monoisotopic (exact) mass is 524 g/mol. The van der Waals surface area contributed by atoms with E-state index in [9.17, 15) is 13.2 Å². The largest absolute Gasteiger partial charge is 0.497 e. The minimum atomic E-state index is -3.75. The Morgan fingerprint density at radius 2 is 1.72 bits per heavy atom. The molecule has 0 bridgehead atoms. The molecule has 4 aromatic rings. The van der Waals surface area contributed by atoms with Crippen molar-refractivity contribution in [3.63, 3.8) is 0 Å². The van der Waals surface area contributed by atoms with Crippen LogP contribution in [0.1, 0.15) is 11.1 Å². The molecule has 0 atom stereocenters. The average Bonchev–Trinajstić information content (AvgIpc) is 3.34. The molecule has 1 amide bonds. The van der Waals surface area contributed by atoms with Gasteiger partial charge in [0.25, 0.3) is 15.2 Å². The summed E-state index contributed by atoms with van der Waals surface area (Å²) in [6.07, 6.45) is 0. The van der Waals surface area contributed by atoms with E-state index in [1.54, 1.807) is 36.4 Å². The van der Waals surface area contributed by atoms with E-state index < -0.39 is 10.0 Å². The third-order valence-corrected chi connectivity index (χ3v) is 7.37. The second kappa shape index (κ2) is 10.8. The van der Waals surface area contributed by atoms with Gasteiger partial charge in [-0.05, 0) is 79.6 Å². The number of aryl methyl sites for hydroxylation is 2. The van der Waals surface area contributed by atoms with E-state index in [-0.39, 0.29) is 27.7 Å². The summed E-state index contributed by atoms with van der Waals surface area (Å²) >= 11 is 1.13. The van der Waals surface area contributed by atoms with Gasteiger partial charge in [-0.25, -0.2) is 8.42 Å². The van der Waals surface area contributed by atoms with Crippen LogP contribution >= 0.6 is 11.8 Å². The highest BCUT2D eigenvalue weighted by atomic mass is 32.2. The second-order valence-corrected chi connectivity index (χ2v) is 10.5. The maximum Gasteiger partial charge on any atom is 0.277 e. The summed E-state index contributed by atoms with van der Waals surface area (Å²) < 4.78 is 38.5. The highest BCUT2D eigenvalue weighted by molar-refractivity contribution is 7.99. The lowest BCUT2D eigenvalue weighted by molar-refractivity contribution is -0.113. The van der Waals surface area contributed by atoms with Crippen LogP contribution in [0.4, 0.5) is 11.4 Å². The van der Waals surface area contributed by atoms with Crippen molar-refractivity contribution in [1.82, 2.24) is 10.2 Å². The molecule has 2 N–H and O–H groups in total. The number of hydrogen-bond acceptors (Lipinski definition) is 8. The highest BCUT2D eigenvalue weighted by Gasteiger charge is 2.16. The molecule has 0 fully saturated rings. The van der Waals surface area contributed by atoms with Crippen molar-refractivity contribution in [1.29, 1.82) is 0 Å². The molecule has 0 aliphatic carbocycles. The Hall–Kier alpha value is -3.83. The maximum atomic E-state index is 12.6. The van der Waals surface area contributed by atoms with Gasteiger partial charge in [-0.1, -0.05) is 23.9 Å². The fourth-order valence-electron chi connectivity index (χ4n) is 3.22. The Kier molecular flexibility index (Phi) is 7.61. The summed E-state index contributed by atoms with van der Waals surface area (Å²) in [5.74, 6) is 0.762. The van der Waals surface area contributed by atoms with E-state index in [2.05, 4.69) is 20.2 Å². The molecular formula is C25H24N4O5S2. The van der Waals surface area contributed by atoms with Crippen LogP contribution in [0.25, 0.3) is 11.5 Å². The van der Waals surface area contributed by atoms with Crippen LogP contribution < -0.4 is 14.8 Å². The Morgan fingerprint density at radius 3 is 2.42 bits per heavy atom. The number of methoxy groups -OCH3 is 1. The summed E-state index contributed by atoms with van der Waals surface area (Å²) in [5, 5.41) is 11.2. The van der Waals surface area contributed by atoms with Crippen molar-refractivity contribution >= 4 is 39.1 Å². The van der Waals surface area contributed by atoms with E-state index in [0.29, 0.717) is 17.0 Å². The van der Waals surface area contributed by atoms with Gasteiger partial charge in [0.05, 0.1) is 17.8 Å². The number of hydrogen-bond donors (Lipinski definition) is 2. The molecule has 36 heavy (non-hydrogen) atoms. The van der Waals surface area contributed by atoms with Crippen LogP contribution in [0, 0.1) is 13.8 Å². The van der Waals surface area contributed by atoms with E-state index in [4.69, 9.17) is 9.15 Å². The predicted octanol–water partition coefficient (Wildman–Crippen LogP) is 4.89. The first-order chi connectivity index (χ1) is 17.2. The molecule has 1 aromatic heterocycles. The van der Waals surface area contributed by atoms with Gasteiger partial charge < -0.3 is 14.5 Å². The number of nitrogens with one attached hydrogen (secondary N) is 2. The predicted molar refractivity (Wildman–Crippen MR) is 139 cm³/mol. The number of carbonyl (C=O) groups is 1. The standard InChI is InChI=1S/C25H24N4O5S2/c1-16-4-5-17(2)22(14-16)26-23(30)15-35-25-28-27-24(34-25)18-6-8-19(9-7-18)29-36(31,32)21-12-10-20(33-3)11-13-21/h4-14,29H,15H2,1-3H3,(H,26,30). The van der Waals surface area contributed by atoms with Gasteiger partial charge in [-0.15, -0.1) is 10.2 Å². The molecule has 0 saturated heterocycles. The number of aromatic nitrogens is 2. The molecule has 11 heteroatoms. The lowest BCUT2D eigenvalue weighted by Crippen LogP contribution is -2.14. The zero-order valence-corrected chi connectivity index (χ0v) is 21.4. The Labute approximate surface area is 213 Å². The van der Waals surface area contributed by atoms with E-state index in [1.165, 1.54) is 19.2 Å². The van der Waals surface area contributed by atoms with Gasteiger partial charge in [-0.2, -0.15) is 0 Å². The normalized spacial score (nSPS) is 11.2. The summed E-state index contributed by atoms with van der Waals surface area (Å²) in [6.45, 7) is 3.90. The first-order valence-corrected chi connectivity index (χ1v) is 13.3. The molecule has 1 heterocycles. The van der Waals surface area contributed by atoms with E-state index in [0.717, 1.165) is 28.6 Å². The van der Waals surface area contributed by atoms with Gasteiger partial charge >= 0.3 is 0 Å². The topological polar surface area (TPSA) is 123 Å². The minimum absolute atomic E-state index is 0.112. The van der Waals surface area contributed by atoms with Gasteiger partial charge in [-0.3, -0.25) is 9.52 Å². The quantitative estimate of drug-likeness (QED) is 0.297. The fourth-order valence-corrected chi connectivity index (χ4v) is 4.84. The van der Waals surface area contributed by atoms with Crippen LogP contribution in [0.3, 0.4) is 0 Å². The smallest absolute Gasteiger partial charge is 0.277 e. The molecule has 9 nitrogen and oxygen atoms in total. The van der Waals surface area contributed by atoms with Crippen LogP contribution in [0.2, 0.25) is 0 Å². The molecule has 0 aliphatic heterocycles. The first-order valence-electron chi connectivity index (χ1n) is 10.8. The van der Waals surface area contributed by atoms with Crippen molar-refractivity contribution in [3.8, 4) is 17.2 Å². The zero-order valence-electron chi connectivity index (χ0n) is 19.8. The second-order valence-electron chi connectivity index (χ2n) is 7.89. The number of ether oxygens (including phenoxy) is 1. The Balaban J connectivity index is 1.35. The third-order valence-electron chi connectivity index (χ3n) is 5.15. The molecule has 0 saturated carbocycles. The lowest BCUT2D eigenvalue weighted by Gasteiger charge is -2.09. The van der Waals surface area contributed by atoms with Crippen molar-refractivity contribution in [2.24, 2.45) is 0 Å². The number of nitrogens with zero attached hydrogens (tertiary/aromatic N) is 2. The number of carbonyl (C=O) groups excluding carboxylic acids is 1. The Morgan fingerprint density at radius 1 is 1.00 bits per heavy atom. The highest BCUT2D eigenvalue weighted by Crippen LogP contribution is 2.26. The molecule has 0 spiro atoms. The third kappa shape index (κ3) is 6.23. The molecule has 0 radical (unpaired) electrons. The van der Waals surface area contributed by atoms with Gasteiger partial charge in [0.1, 0.15) is 5.75 Å². The van der Waals surface area contributed by atoms with Crippen LogP contribution in [-0.4, -0.2) is 37.4 Å². The summed E-state index contributed by atoms with van der Waals surface area (Å²) in [4.78, 5) is 12.4. The SMILES string of the molecule is COc1ccc(S(=O)(=O)Nc2ccc(-c3nnc(SCC(=O)Nc4cc(C)ccc4C)o3)cc2)cc1. The number of thioether (sulfide) groups is 1. The number of rotatable bonds is 9. The van der Waals surface area contributed by atoms with E-state index >= 15 is 0 Å². The van der Waals surface area contributed by atoms with Crippen LogP contribution in [-0.2, 0) is 14.8 Å². The molecule has 186 valence electrons. The van der Waals surface area contributed by atoms with Crippen molar-refractivity contribution in [2.45, 2.75) is 24.0 Å². The van der Waals surface area contributed by atoms with Crippen LogP contribution in [0.15, 0.2) is 81.3 Å². The lowest BCUT2D eigenvalue weighted by atomic mass is 10.1. The number of anilines is 2. The minimum Gasteiger partial charge on any atom is -0.497 e. The number of benzene rings is 3. The summed E-state index contributed by atoms with van der Waals surface area (Å²) in [5.41, 5.74) is 3.81. The van der Waals surface area contributed by atoms with Gasteiger partial charge in [0.15, 0.2) is 0 Å². The number of sulfonamides is 1. The molecular weight excluding hydrogens is 500 g/mol. The van der Waals surface area contributed by atoms with Crippen molar-refractivity contribution in [3.05, 3.63) is 77.9 Å². The van der Waals surface area contributed by atoms with Gasteiger partial charge in [0, 0.05) is 16.9 Å². The fraction of sp³-hybridized carbons (Fsp3) is 0.160. The van der Waals surface area contributed by atoms with Crippen molar-refractivity contribution in [2.75, 3.05) is 22.9 Å². The zero-order chi connectivity index (χ0) is 25.7. The first kappa shape index (κ1) is 25.3. The van der Waals surface area contributed by atoms with E-state index in [1.807, 2.05) is 32.0 Å². The van der Waals surface area contributed by atoms with Crippen LogP contribution in [0.5, 0.6) is 5.75 Å². The maximum absolute atomic E-state index is 12.6. The molecule has 4 rings (SSSR count). The average molecular weight is 525 g/mol. The molecule has 0 unspecified atom stereocenters. The summed E-state index contributed by atoms with van der Waals surface area (Å²) in [6, 6.07) is 18.5. The van der Waals surface area contributed by atoms with Crippen molar-refractivity contribution < 1.29 is 22.4 Å². The van der Waals surface area contributed by atoms with Gasteiger partial charge in [0.2, 0.25) is 11.8 Å². The Bertz CT molecular complexity index is 1470. The molecule has 3 aromatic carbocycles. The molecule has 0 aliphatic rings.